The molecule has 0 bridgehead atoms. The first-order valence-electron chi connectivity index (χ1n) is 5.26. The normalized spacial score (nSPS) is 10.4. The van der Waals surface area contributed by atoms with Crippen molar-refractivity contribution in [2.24, 2.45) is 0 Å². The molecule has 0 saturated heterocycles. The minimum absolute atomic E-state index is 0.234. The van der Waals surface area contributed by atoms with Crippen LogP contribution in [0.5, 0.6) is 5.88 Å². The predicted octanol–water partition coefficient (Wildman–Crippen LogP) is 3.39. The smallest absolute Gasteiger partial charge is 0.213 e. The fourth-order valence-electron chi connectivity index (χ4n) is 1.43. The van der Waals surface area contributed by atoms with E-state index >= 15 is 0 Å². The van der Waals surface area contributed by atoms with Crippen LogP contribution in [0.15, 0.2) is 30.5 Å². The number of halogens is 3. The second-order valence-corrected chi connectivity index (χ2v) is 3.78. The summed E-state index contributed by atoms with van der Waals surface area (Å²) in [5, 5.41) is 0. The van der Waals surface area contributed by atoms with Crippen molar-refractivity contribution in [3.05, 3.63) is 59.0 Å². The molecule has 0 atom stereocenters. The monoisotopic (exact) mass is 253 g/mol. The van der Waals surface area contributed by atoms with Crippen LogP contribution in [0.3, 0.4) is 0 Å². The van der Waals surface area contributed by atoms with Gasteiger partial charge in [0.05, 0.1) is 5.56 Å². The molecule has 2 aromatic rings. The Labute approximate surface area is 102 Å². The molecule has 0 unspecified atom stereocenters. The molecule has 1 aromatic heterocycles. The molecule has 0 spiro atoms. The zero-order chi connectivity index (χ0) is 13.1. The van der Waals surface area contributed by atoms with Crippen molar-refractivity contribution in [1.82, 2.24) is 4.98 Å². The van der Waals surface area contributed by atoms with Crippen molar-refractivity contribution < 1.29 is 17.9 Å². The van der Waals surface area contributed by atoms with Gasteiger partial charge in [-0.15, -0.1) is 0 Å². The molecule has 5 heteroatoms. The lowest BCUT2D eigenvalue weighted by Gasteiger charge is -2.08. The van der Waals surface area contributed by atoms with Crippen molar-refractivity contribution in [3.63, 3.8) is 0 Å². The number of nitrogens with zero attached hydrogens (tertiary/aromatic N) is 1. The van der Waals surface area contributed by atoms with E-state index in [1.54, 1.807) is 12.1 Å². The summed E-state index contributed by atoms with van der Waals surface area (Å²) >= 11 is 0. The SMILES string of the molecule is Cc1ccnc(OCc2c(F)ccc(F)c2F)c1. The van der Waals surface area contributed by atoms with E-state index in [-0.39, 0.29) is 5.88 Å². The molecule has 0 aliphatic rings. The number of aryl methyl sites for hydroxylation is 1. The first-order chi connectivity index (χ1) is 8.58. The largest absolute Gasteiger partial charge is 0.473 e. The summed E-state index contributed by atoms with van der Waals surface area (Å²) in [5.74, 6) is -2.95. The molecule has 0 amide bonds. The Morgan fingerprint density at radius 3 is 2.56 bits per heavy atom. The first-order valence-corrected chi connectivity index (χ1v) is 5.26. The van der Waals surface area contributed by atoms with Gasteiger partial charge in [-0.3, -0.25) is 0 Å². The van der Waals surface area contributed by atoms with Crippen LogP contribution < -0.4 is 4.74 Å². The van der Waals surface area contributed by atoms with Crippen LogP contribution in [-0.4, -0.2) is 4.98 Å². The van der Waals surface area contributed by atoms with Crippen molar-refractivity contribution in [2.45, 2.75) is 13.5 Å². The van der Waals surface area contributed by atoms with Crippen molar-refractivity contribution in [1.29, 1.82) is 0 Å². The lowest BCUT2D eigenvalue weighted by molar-refractivity contribution is 0.278. The Morgan fingerprint density at radius 2 is 1.83 bits per heavy atom. The minimum atomic E-state index is -1.23. The highest BCUT2D eigenvalue weighted by molar-refractivity contribution is 5.22. The first kappa shape index (κ1) is 12.4. The van der Waals surface area contributed by atoms with E-state index < -0.39 is 29.6 Å². The number of aromatic nitrogens is 1. The molecule has 0 N–H and O–H groups in total. The third-order valence-corrected chi connectivity index (χ3v) is 2.39. The van der Waals surface area contributed by atoms with E-state index in [9.17, 15) is 13.2 Å². The standard InChI is InChI=1S/C13H10F3NO/c1-8-4-5-17-12(6-8)18-7-9-10(14)2-3-11(15)13(9)16/h2-6H,7H2,1H3. The highest BCUT2D eigenvalue weighted by atomic mass is 19.2. The van der Waals surface area contributed by atoms with Gasteiger partial charge in [-0.2, -0.15) is 0 Å². The maximum atomic E-state index is 13.3. The van der Waals surface area contributed by atoms with Gasteiger partial charge in [0.25, 0.3) is 0 Å². The van der Waals surface area contributed by atoms with Gasteiger partial charge in [-0.05, 0) is 30.7 Å². The van der Waals surface area contributed by atoms with E-state index in [1.165, 1.54) is 6.20 Å². The zero-order valence-corrected chi connectivity index (χ0v) is 9.58. The summed E-state index contributed by atoms with van der Waals surface area (Å²) < 4.78 is 44.7. The topological polar surface area (TPSA) is 22.1 Å². The van der Waals surface area contributed by atoms with E-state index in [2.05, 4.69) is 4.98 Å². The van der Waals surface area contributed by atoms with Gasteiger partial charge in [0.1, 0.15) is 12.4 Å². The maximum absolute atomic E-state index is 13.3. The fraction of sp³-hybridized carbons (Fsp3) is 0.154. The second-order valence-electron chi connectivity index (χ2n) is 3.78. The van der Waals surface area contributed by atoms with Gasteiger partial charge in [-0.1, -0.05) is 0 Å². The molecular weight excluding hydrogens is 243 g/mol. The number of pyridine rings is 1. The summed E-state index contributed by atoms with van der Waals surface area (Å²) in [4.78, 5) is 3.88. The summed E-state index contributed by atoms with van der Waals surface area (Å²) in [6.45, 7) is 1.42. The number of hydrogen-bond acceptors (Lipinski definition) is 2. The average molecular weight is 253 g/mol. The zero-order valence-electron chi connectivity index (χ0n) is 9.58. The molecule has 2 rings (SSSR count). The highest BCUT2D eigenvalue weighted by Gasteiger charge is 2.14. The maximum Gasteiger partial charge on any atom is 0.213 e. The molecule has 0 radical (unpaired) electrons. The number of benzene rings is 1. The minimum Gasteiger partial charge on any atom is -0.473 e. The average Bonchev–Trinajstić information content (AvgIpc) is 2.34. The van der Waals surface area contributed by atoms with Crippen molar-refractivity contribution in [2.75, 3.05) is 0 Å². The van der Waals surface area contributed by atoms with Crippen LogP contribution in [0, 0.1) is 24.4 Å². The third kappa shape index (κ3) is 2.61. The van der Waals surface area contributed by atoms with E-state index in [0.29, 0.717) is 0 Å². The molecule has 1 aromatic carbocycles. The third-order valence-electron chi connectivity index (χ3n) is 2.39. The van der Waals surface area contributed by atoms with Gasteiger partial charge in [0.15, 0.2) is 11.6 Å². The Hall–Kier alpha value is -2.04. The van der Waals surface area contributed by atoms with Gasteiger partial charge in [0, 0.05) is 12.3 Å². The van der Waals surface area contributed by atoms with Crippen LogP contribution >= 0.6 is 0 Å². The lowest BCUT2D eigenvalue weighted by atomic mass is 10.2. The van der Waals surface area contributed by atoms with Gasteiger partial charge >= 0.3 is 0 Å². The molecule has 18 heavy (non-hydrogen) atoms. The number of hydrogen-bond donors (Lipinski definition) is 0. The summed E-state index contributed by atoms with van der Waals surface area (Å²) in [7, 11) is 0. The molecule has 1 heterocycles. The van der Waals surface area contributed by atoms with E-state index in [0.717, 1.165) is 17.7 Å². The van der Waals surface area contributed by atoms with Gasteiger partial charge in [0.2, 0.25) is 5.88 Å². The van der Waals surface area contributed by atoms with Crippen LogP contribution in [0.4, 0.5) is 13.2 Å². The van der Waals surface area contributed by atoms with Crippen LogP contribution in [0.25, 0.3) is 0 Å². The number of rotatable bonds is 3. The van der Waals surface area contributed by atoms with Crippen LogP contribution in [-0.2, 0) is 6.61 Å². The lowest BCUT2D eigenvalue weighted by Crippen LogP contribution is -2.04. The Kier molecular flexibility index (Phi) is 3.50. The second kappa shape index (κ2) is 5.08. The van der Waals surface area contributed by atoms with Crippen molar-refractivity contribution >= 4 is 0 Å². The summed E-state index contributed by atoms with van der Waals surface area (Å²) in [6.07, 6.45) is 1.52. The summed E-state index contributed by atoms with van der Waals surface area (Å²) in [6, 6.07) is 4.98. The Balaban J connectivity index is 2.18. The molecule has 0 saturated carbocycles. The highest BCUT2D eigenvalue weighted by Crippen LogP contribution is 2.18. The quantitative estimate of drug-likeness (QED) is 0.782. The van der Waals surface area contributed by atoms with Crippen LogP contribution in [0.1, 0.15) is 11.1 Å². The molecule has 0 fully saturated rings. The molecule has 0 aliphatic heterocycles. The van der Waals surface area contributed by atoms with Crippen molar-refractivity contribution in [3.8, 4) is 5.88 Å². The molecule has 0 aliphatic carbocycles. The fourth-order valence-corrected chi connectivity index (χ4v) is 1.43. The predicted molar refractivity (Wildman–Crippen MR) is 59.6 cm³/mol. The van der Waals surface area contributed by atoms with Gasteiger partial charge in [-0.25, -0.2) is 18.2 Å². The summed E-state index contributed by atoms with van der Waals surface area (Å²) in [5.41, 5.74) is 0.457. The Bertz CT molecular complexity index is 572. The molecular formula is C13H10F3NO. The number of ether oxygens (including phenoxy) is 1. The Morgan fingerprint density at radius 1 is 1.11 bits per heavy atom. The molecule has 2 nitrogen and oxygen atoms in total. The van der Waals surface area contributed by atoms with E-state index in [1.807, 2.05) is 6.92 Å². The van der Waals surface area contributed by atoms with E-state index in [4.69, 9.17) is 4.74 Å². The van der Waals surface area contributed by atoms with Gasteiger partial charge < -0.3 is 4.74 Å². The van der Waals surface area contributed by atoms with Crippen LogP contribution in [0.2, 0.25) is 0 Å². The molecule has 94 valence electrons.